The maximum atomic E-state index is 5.57. The normalized spacial score (nSPS) is 19.3. The fourth-order valence-corrected chi connectivity index (χ4v) is 3.22. The molecule has 6 heteroatoms. The Morgan fingerprint density at radius 1 is 1.32 bits per heavy atom. The molecule has 1 aliphatic rings. The number of methoxy groups -OCH3 is 1. The van der Waals surface area contributed by atoms with Gasteiger partial charge in [0.25, 0.3) is 0 Å². The molecule has 0 spiro atoms. The van der Waals surface area contributed by atoms with Crippen LogP contribution in [0.1, 0.15) is 19.8 Å². The van der Waals surface area contributed by atoms with Crippen molar-refractivity contribution in [2.45, 2.75) is 26.4 Å². The smallest absolute Gasteiger partial charge is 0.203 e. The summed E-state index contributed by atoms with van der Waals surface area (Å²) >= 11 is 5.57. The predicted molar refractivity (Wildman–Crippen MR) is 88.9 cm³/mol. The van der Waals surface area contributed by atoms with Crippen molar-refractivity contribution < 1.29 is 4.74 Å². The molecule has 3 rings (SSSR count). The fourth-order valence-electron chi connectivity index (χ4n) is 2.96. The van der Waals surface area contributed by atoms with Crippen LogP contribution in [0.25, 0.3) is 5.69 Å². The van der Waals surface area contributed by atoms with Crippen molar-refractivity contribution in [3.8, 4) is 11.4 Å². The molecule has 1 fully saturated rings. The van der Waals surface area contributed by atoms with Crippen LogP contribution in [0, 0.1) is 10.7 Å². The van der Waals surface area contributed by atoms with Crippen molar-refractivity contribution in [1.82, 2.24) is 19.2 Å². The lowest BCUT2D eigenvalue weighted by Crippen LogP contribution is -2.36. The Bertz CT molecular complexity index is 676. The number of piperidine rings is 1. The zero-order chi connectivity index (χ0) is 15.5. The highest BCUT2D eigenvalue weighted by molar-refractivity contribution is 7.71. The predicted octanol–water partition coefficient (Wildman–Crippen LogP) is 3.10. The maximum Gasteiger partial charge on any atom is 0.203 e. The zero-order valence-corrected chi connectivity index (χ0v) is 13.9. The highest BCUT2D eigenvalue weighted by Crippen LogP contribution is 2.17. The molecule has 0 aliphatic carbocycles. The van der Waals surface area contributed by atoms with Crippen molar-refractivity contribution in [3.63, 3.8) is 0 Å². The molecule has 1 atom stereocenters. The van der Waals surface area contributed by atoms with Crippen LogP contribution in [0.3, 0.4) is 0 Å². The van der Waals surface area contributed by atoms with Crippen LogP contribution < -0.4 is 4.74 Å². The highest BCUT2D eigenvalue weighted by atomic mass is 32.1. The molecule has 1 saturated heterocycles. The van der Waals surface area contributed by atoms with Gasteiger partial charge in [-0.1, -0.05) is 6.92 Å². The van der Waals surface area contributed by atoms with Gasteiger partial charge in [-0.05, 0) is 61.8 Å². The van der Waals surface area contributed by atoms with Crippen molar-refractivity contribution >= 4 is 12.2 Å². The number of nitrogens with zero attached hydrogens (tertiary/aromatic N) is 4. The minimum atomic E-state index is 0.725. The Hall–Kier alpha value is -1.66. The summed E-state index contributed by atoms with van der Waals surface area (Å²) in [6, 6.07) is 7.84. The van der Waals surface area contributed by atoms with Gasteiger partial charge in [-0.15, -0.1) is 0 Å². The molecule has 5 nitrogen and oxygen atoms in total. The van der Waals surface area contributed by atoms with Crippen molar-refractivity contribution in [2.75, 3.05) is 20.2 Å². The molecule has 2 heterocycles. The number of ether oxygens (including phenoxy) is 1. The molecule has 0 unspecified atom stereocenters. The van der Waals surface area contributed by atoms with E-state index in [1.807, 2.05) is 33.5 Å². The average Bonchev–Trinajstić information content (AvgIpc) is 2.89. The van der Waals surface area contributed by atoms with Crippen LogP contribution in [-0.4, -0.2) is 39.4 Å². The van der Waals surface area contributed by atoms with Gasteiger partial charge >= 0.3 is 0 Å². The van der Waals surface area contributed by atoms with E-state index in [4.69, 9.17) is 17.0 Å². The Labute approximate surface area is 136 Å². The Balaban J connectivity index is 1.77. The molecule has 2 aromatic rings. The quantitative estimate of drug-likeness (QED) is 0.812. The molecule has 0 radical (unpaired) electrons. The second kappa shape index (κ2) is 6.62. The van der Waals surface area contributed by atoms with Crippen LogP contribution in [0.2, 0.25) is 0 Å². The first-order valence-corrected chi connectivity index (χ1v) is 8.09. The summed E-state index contributed by atoms with van der Waals surface area (Å²) in [5, 5.41) is 4.46. The molecule has 1 aromatic carbocycles. The van der Waals surface area contributed by atoms with Crippen molar-refractivity contribution in [1.29, 1.82) is 0 Å². The largest absolute Gasteiger partial charge is 0.497 e. The van der Waals surface area contributed by atoms with E-state index in [1.54, 1.807) is 13.4 Å². The van der Waals surface area contributed by atoms with Crippen molar-refractivity contribution in [2.24, 2.45) is 5.92 Å². The molecule has 0 saturated carbocycles. The fraction of sp³-hybridized carbons (Fsp3) is 0.500. The van der Waals surface area contributed by atoms with Gasteiger partial charge in [0.2, 0.25) is 4.77 Å². The van der Waals surface area contributed by atoms with Gasteiger partial charge in [0.15, 0.2) is 0 Å². The lowest BCUT2D eigenvalue weighted by molar-refractivity contribution is 0.138. The van der Waals surface area contributed by atoms with Gasteiger partial charge in [0.05, 0.1) is 13.8 Å². The van der Waals surface area contributed by atoms with E-state index in [0.717, 1.165) is 41.9 Å². The summed E-state index contributed by atoms with van der Waals surface area (Å²) in [7, 11) is 1.66. The third-order valence-electron chi connectivity index (χ3n) is 4.16. The SMILES string of the molecule is COc1ccc(-n2cnn(CN3CCC[C@@H](C)C3)c2=S)cc1. The monoisotopic (exact) mass is 318 g/mol. The van der Waals surface area contributed by atoms with Crippen molar-refractivity contribution in [3.05, 3.63) is 35.4 Å². The van der Waals surface area contributed by atoms with E-state index >= 15 is 0 Å². The Morgan fingerprint density at radius 2 is 2.09 bits per heavy atom. The average molecular weight is 318 g/mol. The van der Waals surface area contributed by atoms with E-state index in [9.17, 15) is 0 Å². The summed E-state index contributed by atoms with van der Waals surface area (Å²) < 4.78 is 9.75. The molecule has 1 aromatic heterocycles. The second-order valence-electron chi connectivity index (χ2n) is 5.95. The van der Waals surface area contributed by atoms with Gasteiger partial charge in [0.1, 0.15) is 12.1 Å². The first-order chi connectivity index (χ1) is 10.7. The van der Waals surface area contributed by atoms with Crippen LogP contribution in [-0.2, 0) is 6.67 Å². The van der Waals surface area contributed by atoms with E-state index < -0.39 is 0 Å². The molecular weight excluding hydrogens is 296 g/mol. The lowest BCUT2D eigenvalue weighted by Gasteiger charge is -2.30. The molecular formula is C16H22N4OS. The Morgan fingerprint density at radius 3 is 2.77 bits per heavy atom. The van der Waals surface area contributed by atoms with Gasteiger partial charge < -0.3 is 4.74 Å². The Kier molecular flexibility index (Phi) is 4.59. The van der Waals surface area contributed by atoms with Gasteiger partial charge in [0, 0.05) is 12.2 Å². The van der Waals surface area contributed by atoms with E-state index in [-0.39, 0.29) is 0 Å². The van der Waals surface area contributed by atoms with E-state index in [0.29, 0.717) is 0 Å². The highest BCUT2D eigenvalue weighted by Gasteiger charge is 2.17. The number of aromatic nitrogens is 3. The second-order valence-corrected chi connectivity index (χ2v) is 6.31. The van der Waals surface area contributed by atoms with Crippen LogP contribution >= 0.6 is 12.2 Å². The molecule has 0 bridgehead atoms. The topological polar surface area (TPSA) is 35.2 Å². The van der Waals surface area contributed by atoms with E-state index in [2.05, 4.69) is 16.9 Å². The summed E-state index contributed by atoms with van der Waals surface area (Å²) in [6.07, 6.45) is 4.37. The summed E-state index contributed by atoms with van der Waals surface area (Å²) in [5.74, 6) is 1.59. The third-order valence-corrected chi connectivity index (χ3v) is 4.57. The summed E-state index contributed by atoms with van der Waals surface area (Å²) in [6.45, 7) is 5.33. The number of hydrogen-bond donors (Lipinski definition) is 0. The van der Waals surface area contributed by atoms with E-state index in [1.165, 1.54) is 12.8 Å². The van der Waals surface area contributed by atoms with Gasteiger partial charge in [-0.25, -0.2) is 4.68 Å². The third kappa shape index (κ3) is 3.23. The standard InChI is InChI=1S/C16H22N4OS/c1-13-4-3-9-18(10-13)12-20-16(22)19(11-17-20)14-5-7-15(21-2)8-6-14/h5-8,11,13H,3-4,9-10,12H2,1-2H3/t13-/m1/s1. The van der Waals surface area contributed by atoms with Crippen LogP contribution in [0.15, 0.2) is 30.6 Å². The summed E-state index contributed by atoms with van der Waals surface area (Å²) in [4.78, 5) is 2.43. The first kappa shape index (κ1) is 15.2. The number of benzene rings is 1. The molecule has 118 valence electrons. The number of likely N-dealkylation sites (tertiary alicyclic amines) is 1. The van der Waals surface area contributed by atoms with Gasteiger partial charge in [-0.3, -0.25) is 9.47 Å². The minimum absolute atomic E-state index is 0.725. The van der Waals surface area contributed by atoms with Gasteiger partial charge in [-0.2, -0.15) is 5.10 Å². The summed E-state index contributed by atoms with van der Waals surface area (Å²) in [5.41, 5.74) is 1.00. The molecule has 0 amide bonds. The number of rotatable bonds is 4. The maximum absolute atomic E-state index is 5.57. The minimum Gasteiger partial charge on any atom is -0.497 e. The van der Waals surface area contributed by atoms with Crippen LogP contribution in [0.4, 0.5) is 0 Å². The van der Waals surface area contributed by atoms with Crippen LogP contribution in [0.5, 0.6) is 5.75 Å². The lowest BCUT2D eigenvalue weighted by atomic mass is 10.0. The zero-order valence-electron chi connectivity index (χ0n) is 13.1. The first-order valence-electron chi connectivity index (χ1n) is 7.68. The molecule has 1 aliphatic heterocycles. The molecule has 0 N–H and O–H groups in total. The number of hydrogen-bond acceptors (Lipinski definition) is 4. The molecule has 22 heavy (non-hydrogen) atoms.